The summed E-state index contributed by atoms with van der Waals surface area (Å²) in [5, 5.41) is 10.0. The highest BCUT2D eigenvalue weighted by Gasteiger charge is 2.15. The Hall–Kier alpha value is -2.08. The zero-order chi connectivity index (χ0) is 13.1. The van der Waals surface area contributed by atoms with Crippen LogP contribution in [0.3, 0.4) is 0 Å². The van der Waals surface area contributed by atoms with Crippen molar-refractivity contribution in [3.8, 4) is 0 Å². The molecule has 100 valence electrons. The maximum Gasteiger partial charge on any atom is 0.136 e. The van der Waals surface area contributed by atoms with Gasteiger partial charge in [0.25, 0.3) is 0 Å². The van der Waals surface area contributed by atoms with Gasteiger partial charge in [-0.3, -0.25) is 0 Å². The van der Waals surface area contributed by atoms with Crippen LogP contribution in [0.4, 0.5) is 17.3 Å². The summed E-state index contributed by atoms with van der Waals surface area (Å²) in [5.41, 5.74) is 0.992. The molecule has 1 saturated heterocycles. The molecule has 1 fully saturated rings. The lowest BCUT2D eigenvalue weighted by molar-refractivity contribution is 0.785. The van der Waals surface area contributed by atoms with Gasteiger partial charge in [0.2, 0.25) is 0 Å². The summed E-state index contributed by atoms with van der Waals surface area (Å²) < 4.78 is 0. The topological polar surface area (TPSA) is 77.7 Å². The van der Waals surface area contributed by atoms with Gasteiger partial charge < -0.3 is 20.9 Å². The summed E-state index contributed by atoms with van der Waals surface area (Å²) in [5.74, 6) is 2.44. The van der Waals surface area contributed by atoms with Gasteiger partial charge in [0.05, 0.1) is 5.69 Å². The number of hydrogen-bond donors (Lipinski definition) is 4. The van der Waals surface area contributed by atoms with E-state index >= 15 is 0 Å². The van der Waals surface area contributed by atoms with Gasteiger partial charge in [0.1, 0.15) is 17.5 Å². The predicted molar refractivity (Wildman–Crippen MR) is 75.7 cm³/mol. The van der Waals surface area contributed by atoms with Gasteiger partial charge >= 0.3 is 0 Å². The molecule has 1 aliphatic heterocycles. The molecule has 0 aliphatic carbocycles. The third kappa shape index (κ3) is 3.03. The molecule has 0 aromatic carbocycles. The van der Waals surface area contributed by atoms with Crippen molar-refractivity contribution in [2.24, 2.45) is 0 Å². The zero-order valence-electron chi connectivity index (χ0n) is 10.9. The molecule has 4 N–H and O–H groups in total. The molecule has 3 heterocycles. The van der Waals surface area contributed by atoms with Crippen LogP contribution in [0, 0.1) is 6.92 Å². The minimum absolute atomic E-state index is 0.453. The molecule has 6 nitrogen and oxygen atoms in total. The first-order valence-electron chi connectivity index (χ1n) is 6.52. The van der Waals surface area contributed by atoms with Crippen molar-refractivity contribution in [2.45, 2.75) is 19.4 Å². The van der Waals surface area contributed by atoms with Crippen LogP contribution in [-0.4, -0.2) is 34.1 Å². The van der Waals surface area contributed by atoms with E-state index < -0.39 is 0 Å². The molecule has 0 amide bonds. The van der Waals surface area contributed by atoms with Crippen LogP contribution in [0.25, 0.3) is 0 Å². The van der Waals surface area contributed by atoms with E-state index in [1.54, 1.807) is 0 Å². The van der Waals surface area contributed by atoms with Gasteiger partial charge in [-0.2, -0.15) is 0 Å². The SMILES string of the molecule is Cc1nc(Nc2cc[nH]c2)cc(NC2CCNC2)n1. The summed E-state index contributed by atoms with van der Waals surface area (Å²) in [4.78, 5) is 11.8. The fourth-order valence-electron chi connectivity index (χ4n) is 2.24. The summed E-state index contributed by atoms with van der Waals surface area (Å²) in [7, 11) is 0. The van der Waals surface area contributed by atoms with Crippen molar-refractivity contribution in [2.75, 3.05) is 23.7 Å². The van der Waals surface area contributed by atoms with Gasteiger partial charge in [0.15, 0.2) is 0 Å². The average molecular weight is 258 g/mol. The number of nitrogens with zero attached hydrogens (tertiary/aromatic N) is 2. The van der Waals surface area contributed by atoms with E-state index in [2.05, 4.69) is 30.9 Å². The number of aryl methyl sites for hydroxylation is 1. The fourth-order valence-corrected chi connectivity index (χ4v) is 2.24. The average Bonchev–Trinajstić information content (AvgIpc) is 3.01. The highest BCUT2D eigenvalue weighted by molar-refractivity contribution is 5.58. The maximum atomic E-state index is 4.43. The Morgan fingerprint density at radius 1 is 1.32 bits per heavy atom. The highest BCUT2D eigenvalue weighted by atomic mass is 15.1. The molecule has 0 spiro atoms. The number of hydrogen-bond acceptors (Lipinski definition) is 5. The number of aromatic nitrogens is 3. The van der Waals surface area contributed by atoms with E-state index in [0.717, 1.165) is 42.7 Å². The molecule has 3 rings (SSSR count). The standard InChI is InChI=1S/C13H18N6/c1-9-16-12(18-10-2-4-14-7-10)6-13(17-9)19-11-3-5-15-8-11/h2,4,6-7,11,14-15H,3,5,8H2,1H3,(H2,16,17,18,19). The molecule has 1 atom stereocenters. The summed E-state index contributed by atoms with van der Waals surface area (Å²) >= 11 is 0. The summed E-state index contributed by atoms with van der Waals surface area (Å²) in [6.07, 6.45) is 4.90. The molecule has 0 radical (unpaired) electrons. The number of aromatic amines is 1. The highest BCUT2D eigenvalue weighted by Crippen LogP contribution is 2.18. The lowest BCUT2D eigenvalue weighted by Gasteiger charge is -2.13. The molecular weight excluding hydrogens is 240 g/mol. The monoisotopic (exact) mass is 258 g/mol. The van der Waals surface area contributed by atoms with Crippen LogP contribution in [-0.2, 0) is 0 Å². The zero-order valence-corrected chi connectivity index (χ0v) is 10.9. The normalized spacial score (nSPS) is 18.5. The molecule has 2 aromatic heterocycles. The molecule has 1 aliphatic rings. The summed E-state index contributed by atoms with van der Waals surface area (Å²) in [6, 6.07) is 4.36. The molecule has 1 unspecified atom stereocenters. The third-order valence-electron chi connectivity index (χ3n) is 3.12. The Morgan fingerprint density at radius 3 is 2.95 bits per heavy atom. The second-order valence-electron chi connectivity index (χ2n) is 4.74. The maximum absolute atomic E-state index is 4.43. The number of rotatable bonds is 4. The van der Waals surface area contributed by atoms with Crippen molar-refractivity contribution < 1.29 is 0 Å². The Bertz CT molecular complexity index is 530. The van der Waals surface area contributed by atoms with Gasteiger partial charge in [-0.05, 0) is 26.0 Å². The van der Waals surface area contributed by atoms with E-state index in [9.17, 15) is 0 Å². The molecule has 19 heavy (non-hydrogen) atoms. The Balaban J connectivity index is 1.75. The smallest absolute Gasteiger partial charge is 0.136 e. The molecule has 0 saturated carbocycles. The predicted octanol–water partition coefficient (Wildman–Crippen LogP) is 1.63. The Morgan fingerprint density at radius 2 is 2.21 bits per heavy atom. The molecular formula is C13H18N6. The molecule has 0 bridgehead atoms. The van der Waals surface area contributed by atoms with Crippen LogP contribution in [0.5, 0.6) is 0 Å². The number of anilines is 3. The Kier molecular flexibility index (Phi) is 3.33. The second kappa shape index (κ2) is 5.27. The van der Waals surface area contributed by atoms with E-state index in [1.165, 1.54) is 0 Å². The summed E-state index contributed by atoms with van der Waals surface area (Å²) in [6.45, 7) is 3.96. The van der Waals surface area contributed by atoms with Crippen LogP contribution >= 0.6 is 0 Å². The van der Waals surface area contributed by atoms with Crippen molar-refractivity contribution in [3.63, 3.8) is 0 Å². The first kappa shape index (κ1) is 12.0. The molecule has 6 heteroatoms. The van der Waals surface area contributed by atoms with E-state index in [-0.39, 0.29) is 0 Å². The van der Waals surface area contributed by atoms with Crippen LogP contribution in [0.2, 0.25) is 0 Å². The van der Waals surface area contributed by atoms with Crippen molar-refractivity contribution in [1.82, 2.24) is 20.3 Å². The van der Waals surface area contributed by atoms with Crippen molar-refractivity contribution in [3.05, 3.63) is 30.4 Å². The first-order valence-corrected chi connectivity index (χ1v) is 6.52. The minimum atomic E-state index is 0.453. The molecule has 2 aromatic rings. The second-order valence-corrected chi connectivity index (χ2v) is 4.74. The third-order valence-corrected chi connectivity index (χ3v) is 3.12. The van der Waals surface area contributed by atoms with E-state index in [0.29, 0.717) is 6.04 Å². The van der Waals surface area contributed by atoms with Crippen LogP contribution in [0.15, 0.2) is 24.5 Å². The van der Waals surface area contributed by atoms with Gasteiger partial charge in [0, 0.05) is 31.0 Å². The number of H-pyrrole nitrogens is 1. The van der Waals surface area contributed by atoms with Crippen LogP contribution < -0.4 is 16.0 Å². The fraction of sp³-hybridized carbons (Fsp3) is 0.385. The quantitative estimate of drug-likeness (QED) is 0.670. The lowest BCUT2D eigenvalue weighted by Crippen LogP contribution is -2.23. The van der Waals surface area contributed by atoms with Gasteiger partial charge in [-0.1, -0.05) is 0 Å². The first-order chi connectivity index (χ1) is 9.29. The van der Waals surface area contributed by atoms with Crippen molar-refractivity contribution in [1.29, 1.82) is 0 Å². The minimum Gasteiger partial charge on any atom is -0.366 e. The van der Waals surface area contributed by atoms with E-state index in [1.807, 2.05) is 31.5 Å². The van der Waals surface area contributed by atoms with Crippen molar-refractivity contribution >= 4 is 17.3 Å². The largest absolute Gasteiger partial charge is 0.366 e. The number of nitrogens with one attached hydrogen (secondary N) is 4. The van der Waals surface area contributed by atoms with Crippen LogP contribution in [0.1, 0.15) is 12.2 Å². The van der Waals surface area contributed by atoms with Gasteiger partial charge in [-0.15, -0.1) is 0 Å². The van der Waals surface area contributed by atoms with E-state index in [4.69, 9.17) is 0 Å². The van der Waals surface area contributed by atoms with Gasteiger partial charge in [-0.25, -0.2) is 9.97 Å². The Labute approximate surface area is 112 Å². The lowest BCUT2D eigenvalue weighted by atomic mass is 10.2.